The molecule has 4 aromatic heterocycles. The van der Waals surface area contributed by atoms with Gasteiger partial charge >= 0.3 is 0 Å². The zero-order chi connectivity index (χ0) is 74.4. The Kier molecular flexibility index (Phi) is 15.8. The van der Waals surface area contributed by atoms with Gasteiger partial charge in [-0.1, -0.05) is 0 Å². The smallest absolute Gasteiger partial charge is 0.200 e. The molecule has 36 heteroatoms. The molecule has 0 atom stereocenters. The first kappa shape index (κ1) is 68.3. The molecule has 0 amide bonds. The van der Waals surface area contributed by atoms with Crippen LogP contribution in [0, 0.1) is 175 Å². The standard InChI is InChI=1S/C67H16F30N6/c68-38-32(39(69)51(81)62(92)50(38)80)26-14-1-3-16(98-14)27(33-40(70)52(82)63(93)53(83)41(33)71)18-5-7-20(100-18)29(35-44(74)56(86)65(95)57(87)45(35)75)22-9-11-24-31(37-48(78)60(90)67(97)61(91)49(37)79)25-12-10-23(103(25)13-102(22)24)30(36-46(76)58(88)66(96)59(89)47(36)77)21-8-6-19(101-21)28(17-4-2-15(26)99-17)34-42(72)54(84)64(94)55(85)43(34)73/h1-12,98,101H,13H2. The fourth-order valence-electron chi connectivity index (χ4n) is 12.2. The molecule has 6 aromatic carbocycles. The quantitative estimate of drug-likeness (QED) is 0.0947. The Morgan fingerprint density at radius 2 is 0.476 bits per heavy atom. The van der Waals surface area contributed by atoms with Gasteiger partial charge in [-0.25, -0.2) is 142 Å². The third-order valence-electron chi connectivity index (χ3n) is 16.8. The van der Waals surface area contributed by atoms with E-state index in [1.165, 1.54) is 0 Å². The highest BCUT2D eigenvalue weighted by atomic mass is 19.2. The van der Waals surface area contributed by atoms with Gasteiger partial charge in [0.2, 0.25) is 34.9 Å². The van der Waals surface area contributed by atoms with Crippen molar-refractivity contribution < 1.29 is 132 Å². The summed E-state index contributed by atoms with van der Waals surface area (Å²) in [6, 6.07) is 3.62. The highest BCUT2D eigenvalue weighted by Crippen LogP contribution is 2.44. The number of allylic oxidation sites excluding steroid dienone is 4. The van der Waals surface area contributed by atoms with Gasteiger partial charge in [-0.15, -0.1) is 0 Å². The predicted octanol–water partition coefficient (Wildman–Crippen LogP) is 15.1. The van der Waals surface area contributed by atoms with E-state index in [-0.39, 0.29) is 0 Å². The normalized spacial score (nSPS) is 14.3. The van der Waals surface area contributed by atoms with Gasteiger partial charge in [-0.2, -0.15) is 0 Å². The lowest BCUT2D eigenvalue weighted by molar-refractivity contribution is 0.375. The summed E-state index contributed by atoms with van der Waals surface area (Å²) < 4.78 is 478. The molecule has 0 saturated carbocycles. The molecule has 4 aliphatic rings. The van der Waals surface area contributed by atoms with Crippen molar-refractivity contribution in [3.8, 4) is 0 Å². The number of halogens is 30. The Bertz CT molecular complexity index is 5980. The summed E-state index contributed by atoms with van der Waals surface area (Å²) in [6.45, 7) is -1.52. The summed E-state index contributed by atoms with van der Waals surface area (Å²) in [6.07, 6.45) is 1.50. The number of benzene rings is 6. The second kappa shape index (κ2) is 23.9. The predicted molar refractivity (Wildman–Crippen MR) is 295 cm³/mol. The number of fused-ring (bicyclic) bond motifs is 6. The van der Waals surface area contributed by atoms with Gasteiger partial charge in [0.25, 0.3) is 0 Å². The summed E-state index contributed by atoms with van der Waals surface area (Å²) in [5.74, 6) is -86.1. The molecule has 103 heavy (non-hydrogen) atoms. The van der Waals surface area contributed by atoms with E-state index in [1.54, 1.807) is 0 Å². The number of hydrogen-bond acceptors (Lipinski definition) is 2. The highest BCUT2D eigenvalue weighted by molar-refractivity contribution is 6.32. The number of aromatic nitrogens is 4. The minimum absolute atomic E-state index is 0.338. The van der Waals surface area contributed by atoms with Crippen molar-refractivity contribution in [3.63, 3.8) is 0 Å². The summed E-state index contributed by atoms with van der Waals surface area (Å²) in [5, 5.41) is -4.80. The first-order chi connectivity index (χ1) is 48.6. The van der Waals surface area contributed by atoms with Crippen LogP contribution in [0.15, 0.2) is 94.2 Å². The van der Waals surface area contributed by atoms with Crippen LogP contribution in [0.1, 0.15) is 56.2 Å². The third kappa shape index (κ3) is 9.59. The van der Waals surface area contributed by atoms with E-state index in [4.69, 9.17) is 0 Å². The van der Waals surface area contributed by atoms with Gasteiger partial charge in [0, 0.05) is 55.5 Å². The van der Waals surface area contributed by atoms with E-state index in [2.05, 4.69) is 20.0 Å². The van der Waals surface area contributed by atoms with E-state index in [0.717, 1.165) is 0 Å². The molecule has 10 bridgehead atoms. The summed E-state index contributed by atoms with van der Waals surface area (Å²) in [5.41, 5.74) is -32.8. The molecule has 6 nitrogen and oxygen atoms in total. The molecule has 10 aromatic rings. The minimum Gasteiger partial charge on any atom is -0.354 e. The van der Waals surface area contributed by atoms with Crippen LogP contribution >= 0.6 is 0 Å². The van der Waals surface area contributed by atoms with Crippen molar-refractivity contribution in [1.82, 2.24) is 19.1 Å². The average Bonchev–Trinajstić information content (AvgIpc) is 1.59. The van der Waals surface area contributed by atoms with Crippen LogP contribution in [0.3, 0.4) is 0 Å². The van der Waals surface area contributed by atoms with Crippen LogP contribution in [-0.4, -0.2) is 30.5 Å². The van der Waals surface area contributed by atoms with Crippen molar-refractivity contribution >= 4 is 44.9 Å². The van der Waals surface area contributed by atoms with Crippen LogP contribution in [0.2, 0.25) is 0 Å². The van der Waals surface area contributed by atoms with Crippen molar-refractivity contribution in [2.75, 3.05) is 0 Å². The molecular formula is C67H16F30N6. The number of nitrogens with one attached hydrogen (secondary N) is 2. The molecule has 2 N–H and O–H groups in total. The molecule has 8 heterocycles. The molecule has 0 saturated heterocycles. The van der Waals surface area contributed by atoms with Crippen LogP contribution in [0.4, 0.5) is 132 Å². The zero-order valence-electron chi connectivity index (χ0n) is 48.8. The van der Waals surface area contributed by atoms with E-state index in [9.17, 15) is 17.6 Å². The van der Waals surface area contributed by atoms with Gasteiger partial charge in [0.15, 0.2) is 140 Å². The van der Waals surface area contributed by atoms with Crippen molar-refractivity contribution in [3.05, 3.63) is 336 Å². The topological polar surface area (TPSA) is 66.2 Å². The van der Waals surface area contributed by atoms with E-state index in [1.807, 2.05) is 0 Å². The lowest BCUT2D eigenvalue weighted by atomic mass is 9.97. The summed E-state index contributed by atoms with van der Waals surface area (Å²) in [4.78, 5) is 12.2. The first-order valence-corrected chi connectivity index (χ1v) is 28.1. The van der Waals surface area contributed by atoms with Crippen molar-refractivity contribution in [1.29, 1.82) is 0 Å². The second-order valence-electron chi connectivity index (χ2n) is 22.1. The van der Waals surface area contributed by atoms with Crippen LogP contribution < -0.4 is 21.4 Å². The maximum atomic E-state index is 16.9. The molecule has 0 unspecified atom stereocenters. The number of aromatic amines is 2. The summed E-state index contributed by atoms with van der Waals surface area (Å²) in [7, 11) is 0. The molecule has 0 radical (unpaired) electrons. The molecule has 524 valence electrons. The Hall–Kier alpha value is -11.9. The number of aliphatic imine (C=N–C) groups is 2. The lowest BCUT2D eigenvalue weighted by Gasteiger charge is -2.25. The van der Waals surface area contributed by atoms with Gasteiger partial charge < -0.3 is 19.1 Å². The Labute approximate surface area is 547 Å². The van der Waals surface area contributed by atoms with Gasteiger partial charge in [-0.05, 0) is 72.8 Å². The molecule has 4 aliphatic heterocycles. The fourth-order valence-corrected chi connectivity index (χ4v) is 12.2. The van der Waals surface area contributed by atoms with Crippen molar-refractivity contribution in [2.24, 2.45) is 9.98 Å². The van der Waals surface area contributed by atoms with Crippen molar-refractivity contribution in [2.45, 2.75) is 6.67 Å². The minimum atomic E-state index is -2.95. The Morgan fingerprint density at radius 1 is 0.223 bits per heavy atom. The van der Waals surface area contributed by atoms with E-state index >= 15 is 114 Å². The van der Waals surface area contributed by atoms with Crippen LogP contribution in [0.5, 0.6) is 0 Å². The largest absolute Gasteiger partial charge is 0.354 e. The molecule has 0 aliphatic carbocycles. The summed E-state index contributed by atoms with van der Waals surface area (Å²) >= 11 is 0. The third-order valence-corrected chi connectivity index (χ3v) is 16.8. The lowest BCUT2D eigenvalue weighted by Crippen LogP contribution is -2.38. The number of nitrogens with zero attached hydrogens (tertiary/aromatic N) is 4. The SMILES string of the molecule is Fc1c(F)c(F)c(C2=C3C=CC(=N3)C(c3c(F)c(F)c(F)c(F)c3F)=c3ccc([nH]3)=C(c3c(F)c(F)c(F)c(F)c3F)C3=NC(=C(c4c(F)c(F)c(F)c(F)c4F)c4ccc5n4Cn4c(ccc4=C5c4c(F)c(F)c(F)c(F)c4F)=C(c4c(F)c(F)c(F)c(F)c4F)c4ccc2[nH]4)C=C3)c(F)c1F. The highest BCUT2D eigenvalue weighted by Gasteiger charge is 2.41. The fraction of sp³-hybridized carbons (Fsp3) is 0.0149. The molecule has 0 fully saturated rings. The zero-order valence-corrected chi connectivity index (χ0v) is 48.8. The number of rotatable bonds is 6. The van der Waals surface area contributed by atoms with Gasteiger partial charge in [0.1, 0.15) is 6.67 Å². The van der Waals surface area contributed by atoms with Gasteiger partial charge in [0.05, 0.1) is 78.3 Å². The van der Waals surface area contributed by atoms with E-state index in [0.29, 0.717) is 82.0 Å². The molecular weight excluding hydrogens is 1460 g/mol. The van der Waals surface area contributed by atoms with Crippen LogP contribution in [-0.2, 0) is 6.67 Å². The average molecular weight is 1470 g/mol. The Morgan fingerprint density at radius 3 is 0.816 bits per heavy atom. The number of H-pyrrole nitrogens is 2. The van der Waals surface area contributed by atoms with Gasteiger partial charge in [-0.3, -0.25) is 0 Å². The maximum Gasteiger partial charge on any atom is 0.200 e. The number of hydrogen-bond donors (Lipinski definition) is 2. The van der Waals surface area contributed by atoms with E-state index < -0.39 is 315 Å². The molecule has 0 spiro atoms. The second-order valence-corrected chi connectivity index (χ2v) is 22.1. The monoisotopic (exact) mass is 1470 g/mol. The maximum absolute atomic E-state index is 16.9. The first-order valence-electron chi connectivity index (χ1n) is 28.1. The Balaban J connectivity index is 1.25. The molecule has 14 rings (SSSR count). The van der Waals surface area contributed by atoms with Crippen LogP contribution in [0.25, 0.3) is 33.4 Å².